The third-order valence-electron chi connectivity index (χ3n) is 4.99. The minimum Gasteiger partial charge on any atom is -0.357 e. The Kier molecular flexibility index (Phi) is 5.04. The Morgan fingerprint density at radius 2 is 2.25 bits per heavy atom. The number of carbonyl (C=O) groups excluding carboxylic acids is 1. The normalized spacial score (nSPS) is 18.8. The summed E-state index contributed by atoms with van der Waals surface area (Å²) in [7, 11) is 1.66. The second kappa shape index (κ2) is 7.21. The van der Waals surface area contributed by atoms with Crippen LogP contribution in [0.2, 0.25) is 0 Å². The minimum absolute atomic E-state index is 0.120. The van der Waals surface area contributed by atoms with E-state index in [0.717, 1.165) is 13.0 Å². The van der Waals surface area contributed by atoms with Crippen LogP contribution in [-0.2, 0) is 7.05 Å². The molecule has 1 saturated heterocycles. The molecular weight excluding hydrogens is 304 g/mol. The Hall–Kier alpha value is -2.08. The first kappa shape index (κ1) is 16.8. The van der Waals surface area contributed by atoms with Gasteiger partial charge in [0.15, 0.2) is 0 Å². The number of fused-ring (bicyclic) bond motifs is 1. The van der Waals surface area contributed by atoms with E-state index in [-0.39, 0.29) is 11.5 Å². The van der Waals surface area contributed by atoms with Gasteiger partial charge in [0.25, 0.3) is 11.5 Å². The highest BCUT2D eigenvalue weighted by Crippen LogP contribution is 2.16. The number of aromatic amines is 1. The average molecular weight is 330 g/mol. The standard InChI is InChI=1S/C18H26N4O2/c1-13-6-3-4-10-22(13)11-5-8-20-17(23)15-12-21(2)18(24)16-14(15)7-9-19-16/h7,9,12-13,19H,3-6,8,10-11H2,1-2H3,(H,20,23). The van der Waals surface area contributed by atoms with E-state index < -0.39 is 0 Å². The van der Waals surface area contributed by atoms with Gasteiger partial charge in [0.2, 0.25) is 0 Å². The summed E-state index contributed by atoms with van der Waals surface area (Å²) in [4.78, 5) is 29.9. The molecule has 1 fully saturated rings. The first-order valence-corrected chi connectivity index (χ1v) is 8.77. The third kappa shape index (κ3) is 3.38. The predicted molar refractivity (Wildman–Crippen MR) is 95.4 cm³/mol. The van der Waals surface area contributed by atoms with Gasteiger partial charge >= 0.3 is 0 Å². The fourth-order valence-electron chi connectivity index (χ4n) is 3.52. The van der Waals surface area contributed by atoms with E-state index in [1.54, 1.807) is 25.5 Å². The van der Waals surface area contributed by atoms with E-state index in [1.807, 2.05) is 0 Å². The summed E-state index contributed by atoms with van der Waals surface area (Å²) >= 11 is 0. The molecule has 0 bridgehead atoms. The minimum atomic E-state index is -0.123. The number of amides is 1. The van der Waals surface area contributed by atoms with Gasteiger partial charge in [-0.1, -0.05) is 6.42 Å². The van der Waals surface area contributed by atoms with Crippen LogP contribution in [0.15, 0.2) is 23.3 Å². The van der Waals surface area contributed by atoms with Crippen LogP contribution in [0.3, 0.4) is 0 Å². The van der Waals surface area contributed by atoms with Crippen molar-refractivity contribution in [3.8, 4) is 0 Å². The number of aryl methyl sites for hydroxylation is 1. The van der Waals surface area contributed by atoms with E-state index in [1.165, 1.54) is 30.4 Å². The molecule has 0 aliphatic carbocycles. The quantitative estimate of drug-likeness (QED) is 0.822. The maximum atomic E-state index is 12.5. The summed E-state index contributed by atoms with van der Waals surface area (Å²) < 4.78 is 1.45. The van der Waals surface area contributed by atoms with Gasteiger partial charge in [-0.3, -0.25) is 9.59 Å². The predicted octanol–water partition coefficient (Wildman–Crippen LogP) is 1.86. The number of likely N-dealkylation sites (tertiary alicyclic amines) is 1. The van der Waals surface area contributed by atoms with Crippen molar-refractivity contribution in [1.29, 1.82) is 0 Å². The van der Waals surface area contributed by atoms with Gasteiger partial charge in [-0.15, -0.1) is 0 Å². The fraction of sp³-hybridized carbons (Fsp3) is 0.556. The molecule has 24 heavy (non-hydrogen) atoms. The van der Waals surface area contributed by atoms with Crippen LogP contribution in [0.1, 0.15) is 43.0 Å². The second-order valence-electron chi connectivity index (χ2n) is 6.72. The van der Waals surface area contributed by atoms with Crippen molar-refractivity contribution in [1.82, 2.24) is 19.8 Å². The van der Waals surface area contributed by atoms with Gasteiger partial charge in [0, 0.05) is 44.0 Å². The summed E-state index contributed by atoms with van der Waals surface area (Å²) in [5.41, 5.74) is 0.901. The van der Waals surface area contributed by atoms with Crippen LogP contribution < -0.4 is 10.9 Å². The van der Waals surface area contributed by atoms with Crippen molar-refractivity contribution in [3.05, 3.63) is 34.4 Å². The zero-order valence-electron chi connectivity index (χ0n) is 14.5. The number of hydrogen-bond acceptors (Lipinski definition) is 3. The number of rotatable bonds is 5. The van der Waals surface area contributed by atoms with Gasteiger partial charge in [-0.05, 0) is 38.8 Å². The smallest absolute Gasteiger partial charge is 0.274 e. The second-order valence-corrected chi connectivity index (χ2v) is 6.72. The van der Waals surface area contributed by atoms with E-state index in [4.69, 9.17) is 0 Å². The number of aromatic nitrogens is 2. The molecule has 0 aromatic carbocycles. The van der Waals surface area contributed by atoms with Gasteiger partial charge in [-0.25, -0.2) is 0 Å². The van der Waals surface area contributed by atoms with Gasteiger partial charge in [0.1, 0.15) is 5.52 Å². The van der Waals surface area contributed by atoms with Crippen molar-refractivity contribution in [2.75, 3.05) is 19.6 Å². The van der Waals surface area contributed by atoms with Crippen molar-refractivity contribution in [2.24, 2.45) is 7.05 Å². The largest absolute Gasteiger partial charge is 0.357 e. The SMILES string of the molecule is CC1CCCCN1CCCNC(=O)c1cn(C)c(=O)c2[nH]ccc12. The lowest BCUT2D eigenvalue weighted by atomic mass is 10.0. The van der Waals surface area contributed by atoms with E-state index >= 15 is 0 Å². The number of hydrogen-bond donors (Lipinski definition) is 2. The molecular formula is C18H26N4O2. The fourth-order valence-corrected chi connectivity index (χ4v) is 3.52. The molecule has 1 unspecified atom stereocenters. The van der Waals surface area contributed by atoms with Crippen LogP contribution in [0, 0.1) is 0 Å². The number of H-pyrrole nitrogens is 1. The van der Waals surface area contributed by atoms with Crippen molar-refractivity contribution in [2.45, 2.75) is 38.6 Å². The summed E-state index contributed by atoms with van der Waals surface area (Å²) in [6.45, 7) is 5.12. The number of carbonyl (C=O) groups is 1. The first-order valence-electron chi connectivity index (χ1n) is 8.77. The number of piperidine rings is 1. The molecule has 1 atom stereocenters. The molecule has 6 nitrogen and oxygen atoms in total. The van der Waals surface area contributed by atoms with Gasteiger partial charge in [-0.2, -0.15) is 0 Å². The summed E-state index contributed by atoms with van der Waals surface area (Å²) in [6, 6.07) is 2.43. The molecule has 3 heterocycles. The van der Waals surface area contributed by atoms with Gasteiger partial charge in [0.05, 0.1) is 5.56 Å². The molecule has 0 spiro atoms. The van der Waals surface area contributed by atoms with Crippen molar-refractivity contribution < 1.29 is 4.79 Å². The maximum Gasteiger partial charge on any atom is 0.274 e. The number of nitrogens with one attached hydrogen (secondary N) is 2. The Labute approximate surface area is 141 Å². The highest BCUT2D eigenvalue weighted by molar-refractivity contribution is 6.05. The van der Waals surface area contributed by atoms with Crippen LogP contribution in [-0.4, -0.2) is 46.0 Å². The van der Waals surface area contributed by atoms with Crippen LogP contribution in [0.25, 0.3) is 10.9 Å². The maximum absolute atomic E-state index is 12.5. The zero-order valence-corrected chi connectivity index (χ0v) is 14.5. The highest BCUT2D eigenvalue weighted by Gasteiger charge is 2.18. The van der Waals surface area contributed by atoms with E-state index in [0.29, 0.717) is 29.1 Å². The lowest BCUT2D eigenvalue weighted by molar-refractivity contribution is 0.0950. The molecule has 0 radical (unpaired) electrons. The number of nitrogens with zero attached hydrogens (tertiary/aromatic N) is 2. The summed E-state index contributed by atoms with van der Waals surface area (Å²) in [5, 5.41) is 3.67. The van der Waals surface area contributed by atoms with Crippen molar-refractivity contribution >= 4 is 16.8 Å². The summed E-state index contributed by atoms with van der Waals surface area (Å²) in [6.07, 6.45) is 8.13. The lowest BCUT2D eigenvalue weighted by Gasteiger charge is -2.33. The Morgan fingerprint density at radius 1 is 1.42 bits per heavy atom. The molecule has 3 rings (SSSR count). The third-order valence-corrected chi connectivity index (χ3v) is 4.99. The first-order chi connectivity index (χ1) is 11.6. The van der Waals surface area contributed by atoms with Crippen LogP contribution in [0.4, 0.5) is 0 Å². The topological polar surface area (TPSA) is 70.1 Å². The van der Waals surface area contributed by atoms with Crippen LogP contribution in [0.5, 0.6) is 0 Å². The zero-order chi connectivity index (χ0) is 17.1. The monoisotopic (exact) mass is 330 g/mol. The van der Waals surface area contributed by atoms with Crippen molar-refractivity contribution in [3.63, 3.8) is 0 Å². The molecule has 2 N–H and O–H groups in total. The molecule has 130 valence electrons. The Bertz CT molecular complexity index is 777. The van der Waals surface area contributed by atoms with Crippen LogP contribution >= 0.6 is 0 Å². The highest BCUT2D eigenvalue weighted by atomic mass is 16.2. The molecule has 1 aliphatic heterocycles. The molecule has 0 saturated carbocycles. The van der Waals surface area contributed by atoms with E-state index in [2.05, 4.69) is 22.1 Å². The average Bonchev–Trinajstić information content (AvgIpc) is 3.06. The summed E-state index contributed by atoms with van der Waals surface area (Å²) in [5.74, 6) is -0.123. The van der Waals surface area contributed by atoms with E-state index in [9.17, 15) is 9.59 Å². The Morgan fingerprint density at radius 3 is 3.04 bits per heavy atom. The molecule has 1 aliphatic rings. The molecule has 6 heteroatoms. The Balaban J connectivity index is 1.59. The number of pyridine rings is 1. The van der Waals surface area contributed by atoms with Gasteiger partial charge < -0.3 is 19.8 Å². The molecule has 2 aromatic heterocycles. The molecule has 1 amide bonds. The molecule has 2 aromatic rings. The lowest BCUT2D eigenvalue weighted by Crippen LogP contribution is -2.39.